The zero-order valence-electron chi connectivity index (χ0n) is 20.0. The number of rotatable bonds is 11. The second-order valence-electron chi connectivity index (χ2n) is 8.54. The topological polar surface area (TPSA) is 83.4 Å². The number of nitrogens with one attached hydrogen (secondary N) is 2. The zero-order chi connectivity index (χ0) is 23.9. The molecule has 4 rings (SSSR count). The summed E-state index contributed by atoms with van der Waals surface area (Å²) in [5.41, 5.74) is 3.80. The maximum absolute atomic E-state index is 12.4. The van der Waals surface area contributed by atoms with Crippen molar-refractivity contribution in [2.24, 2.45) is 0 Å². The number of carbonyl (C=O) groups is 1. The van der Waals surface area contributed by atoms with E-state index in [1.54, 1.807) is 7.11 Å². The van der Waals surface area contributed by atoms with E-state index in [0.29, 0.717) is 24.7 Å². The number of oxazole rings is 1. The molecule has 0 saturated heterocycles. The van der Waals surface area contributed by atoms with Crippen molar-refractivity contribution in [2.45, 2.75) is 45.8 Å². The molecule has 0 aliphatic rings. The number of methoxy groups -OCH3 is 1. The van der Waals surface area contributed by atoms with E-state index in [-0.39, 0.29) is 11.9 Å². The first kappa shape index (κ1) is 23.6. The Morgan fingerprint density at radius 1 is 1.15 bits per heavy atom. The van der Waals surface area contributed by atoms with Crippen molar-refractivity contribution in [1.82, 2.24) is 20.2 Å². The molecule has 34 heavy (non-hydrogen) atoms. The average Bonchev–Trinajstić information content (AvgIpc) is 3.50. The summed E-state index contributed by atoms with van der Waals surface area (Å²) < 4.78 is 11.2. The lowest BCUT2D eigenvalue weighted by molar-refractivity contribution is 0.0934. The third-order valence-corrected chi connectivity index (χ3v) is 6.09. The van der Waals surface area contributed by atoms with Gasteiger partial charge in [0.25, 0.3) is 5.91 Å². The zero-order valence-corrected chi connectivity index (χ0v) is 20.0. The van der Waals surface area contributed by atoms with Crippen molar-refractivity contribution < 1.29 is 13.9 Å². The van der Waals surface area contributed by atoms with Crippen LogP contribution >= 0.6 is 0 Å². The van der Waals surface area contributed by atoms with Gasteiger partial charge in [0, 0.05) is 41.8 Å². The van der Waals surface area contributed by atoms with Crippen molar-refractivity contribution in [3.8, 4) is 5.75 Å². The first-order valence-electron chi connectivity index (χ1n) is 11.7. The lowest BCUT2D eigenvalue weighted by Crippen LogP contribution is -2.32. The molecule has 0 unspecified atom stereocenters. The number of hydrogen-bond donors (Lipinski definition) is 2. The van der Waals surface area contributed by atoms with Crippen molar-refractivity contribution in [2.75, 3.05) is 13.7 Å². The van der Waals surface area contributed by atoms with Crippen LogP contribution in [0, 0.1) is 0 Å². The van der Waals surface area contributed by atoms with Crippen LogP contribution in [0.25, 0.3) is 10.9 Å². The molecule has 0 saturated carbocycles. The SMILES string of the molecule is CC[C@H](C)NC(=O)c1coc(CN(CCc2c[nH]c3ccccc23)Cc2ccccc2OC)n1. The Bertz CT molecular complexity index is 1230. The summed E-state index contributed by atoms with van der Waals surface area (Å²) in [7, 11) is 1.69. The number of benzene rings is 2. The van der Waals surface area contributed by atoms with Crippen LogP contribution in [0.4, 0.5) is 0 Å². The largest absolute Gasteiger partial charge is 0.496 e. The van der Waals surface area contributed by atoms with E-state index in [1.165, 1.54) is 17.2 Å². The Labute approximate surface area is 200 Å². The third-order valence-electron chi connectivity index (χ3n) is 6.09. The van der Waals surface area contributed by atoms with E-state index in [0.717, 1.165) is 36.2 Å². The molecule has 2 N–H and O–H groups in total. The second-order valence-corrected chi connectivity index (χ2v) is 8.54. The number of carbonyl (C=O) groups excluding carboxylic acids is 1. The number of fused-ring (bicyclic) bond motifs is 1. The van der Waals surface area contributed by atoms with Crippen LogP contribution < -0.4 is 10.1 Å². The molecule has 2 aromatic heterocycles. The van der Waals surface area contributed by atoms with Gasteiger partial charge in [-0.3, -0.25) is 9.69 Å². The van der Waals surface area contributed by atoms with Gasteiger partial charge < -0.3 is 19.5 Å². The highest BCUT2D eigenvalue weighted by Gasteiger charge is 2.18. The number of para-hydroxylation sites is 2. The number of hydrogen-bond acceptors (Lipinski definition) is 5. The number of aromatic nitrogens is 2. The molecule has 0 fully saturated rings. The molecular weight excluding hydrogens is 428 g/mol. The Morgan fingerprint density at radius 2 is 1.94 bits per heavy atom. The predicted octanol–water partition coefficient (Wildman–Crippen LogP) is 4.94. The highest BCUT2D eigenvalue weighted by molar-refractivity contribution is 5.92. The maximum Gasteiger partial charge on any atom is 0.273 e. The molecule has 4 aromatic rings. The van der Waals surface area contributed by atoms with Gasteiger partial charge in [-0.25, -0.2) is 4.98 Å². The Hall–Kier alpha value is -3.58. The van der Waals surface area contributed by atoms with E-state index >= 15 is 0 Å². The molecular formula is C27H32N4O3. The van der Waals surface area contributed by atoms with Crippen molar-refractivity contribution in [3.63, 3.8) is 0 Å². The minimum atomic E-state index is -0.209. The summed E-state index contributed by atoms with van der Waals surface area (Å²) in [6.45, 7) is 5.94. The summed E-state index contributed by atoms with van der Waals surface area (Å²) in [6.07, 6.45) is 5.24. The monoisotopic (exact) mass is 460 g/mol. The Morgan fingerprint density at radius 3 is 2.76 bits per heavy atom. The van der Waals surface area contributed by atoms with Gasteiger partial charge in [-0.15, -0.1) is 0 Å². The predicted molar refractivity (Wildman–Crippen MR) is 133 cm³/mol. The molecule has 1 atom stereocenters. The number of H-pyrrole nitrogens is 1. The second kappa shape index (κ2) is 11.0. The molecule has 1 amide bonds. The van der Waals surface area contributed by atoms with E-state index < -0.39 is 0 Å². The van der Waals surface area contributed by atoms with Gasteiger partial charge in [0.2, 0.25) is 5.89 Å². The number of nitrogens with zero attached hydrogens (tertiary/aromatic N) is 2. The Balaban J connectivity index is 1.51. The quantitative estimate of drug-likeness (QED) is 0.331. The summed E-state index contributed by atoms with van der Waals surface area (Å²) >= 11 is 0. The van der Waals surface area contributed by atoms with E-state index in [9.17, 15) is 4.79 Å². The molecule has 0 aliphatic carbocycles. The fourth-order valence-electron chi connectivity index (χ4n) is 3.98. The van der Waals surface area contributed by atoms with E-state index in [1.807, 2.05) is 38.1 Å². The molecule has 0 spiro atoms. The van der Waals surface area contributed by atoms with Gasteiger partial charge in [-0.2, -0.15) is 0 Å². The molecule has 178 valence electrons. The van der Waals surface area contributed by atoms with Crippen LogP contribution in [0.5, 0.6) is 5.75 Å². The van der Waals surface area contributed by atoms with Crippen molar-refractivity contribution in [3.05, 3.63) is 83.7 Å². The normalized spacial score (nSPS) is 12.2. The molecule has 0 aliphatic heterocycles. The van der Waals surface area contributed by atoms with Gasteiger partial charge in [0.1, 0.15) is 12.0 Å². The van der Waals surface area contributed by atoms with Crippen LogP contribution in [0.1, 0.15) is 47.8 Å². The van der Waals surface area contributed by atoms with Gasteiger partial charge in [0.15, 0.2) is 5.69 Å². The lowest BCUT2D eigenvalue weighted by atomic mass is 10.1. The number of ether oxygens (including phenoxy) is 1. The molecule has 2 aromatic carbocycles. The summed E-state index contributed by atoms with van der Waals surface area (Å²) in [6, 6.07) is 16.4. The van der Waals surface area contributed by atoms with E-state index in [2.05, 4.69) is 50.6 Å². The van der Waals surface area contributed by atoms with Crippen LogP contribution in [0.15, 0.2) is 65.4 Å². The number of aromatic amines is 1. The fourth-order valence-corrected chi connectivity index (χ4v) is 3.98. The van der Waals surface area contributed by atoms with Gasteiger partial charge >= 0.3 is 0 Å². The van der Waals surface area contributed by atoms with Crippen LogP contribution in [-0.2, 0) is 19.5 Å². The third kappa shape index (κ3) is 5.66. The molecule has 0 bridgehead atoms. The summed E-state index contributed by atoms with van der Waals surface area (Å²) in [5.74, 6) is 1.16. The molecule has 7 heteroatoms. The summed E-state index contributed by atoms with van der Waals surface area (Å²) in [4.78, 5) is 22.5. The van der Waals surface area contributed by atoms with Crippen molar-refractivity contribution in [1.29, 1.82) is 0 Å². The maximum atomic E-state index is 12.4. The van der Waals surface area contributed by atoms with Gasteiger partial charge in [-0.1, -0.05) is 43.3 Å². The first-order valence-corrected chi connectivity index (χ1v) is 11.7. The van der Waals surface area contributed by atoms with Gasteiger partial charge in [0.05, 0.1) is 13.7 Å². The minimum absolute atomic E-state index is 0.0888. The Kier molecular flexibility index (Phi) is 7.65. The van der Waals surface area contributed by atoms with E-state index in [4.69, 9.17) is 9.15 Å². The van der Waals surface area contributed by atoms with Crippen LogP contribution in [0.3, 0.4) is 0 Å². The fraction of sp³-hybridized carbons (Fsp3) is 0.333. The first-order chi connectivity index (χ1) is 16.6. The molecule has 2 heterocycles. The standard InChI is InChI=1S/C27H32N4O3/c1-4-19(2)29-27(32)24-18-34-26(30-24)17-31(16-21-9-5-8-12-25(21)33-3)14-13-20-15-28-23-11-7-6-10-22(20)23/h5-12,15,18-19,28H,4,13-14,16-17H2,1-3H3,(H,29,32)/t19-/m0/s1. The lowest BCUT2D eigenvalue weighted by Gasteiger charge is -2.22. The summed E-state index contributed by atoms with van der Waals surface area (Å²) in [5, 5.41) is 4.17. The average molecular weight is 461 g/mol. The highest BCUT2D eigenvalue weighted by Crippen LogP contribution is 2.22. The van der Waals surface area contributed by atoms with Crippen molar-refractivity contribution >= 4 is 16.8 Å². The highest BCUT2D eigenvalue weighted by atomic mass is 16.5. The molecule has 7 nitrogen and oxygen atoms in total. The molecule has 0 radical (unpaired) electrons. The van der Waals surface area contributed by atoms with Gasteiger partial charge in [-0.05, 0) is 37.5 Å². The minimum Gasteiger partial charge on any atom is -0.496 e. The smallest absolute Gasteiger partial charge is 0.273 e. The van der Waals surface area contributed by atoms with Crippen LogP contribution in [0.2, 0.25) is 0 Å². The van der Waals surface area contributed by atoms with Crippen LogP contribution in [-0.4, -0.2) is 40.5 Å². The number of amides is 1.